The van der Waals surface area contributed by atoms with Crippen LogP contribution in [0.25, 0.3) is 10.2 Å². The molecule has 1 aliphatic rings. The first kappa shape index (κ1) is 21.2. The van der Waals surface area contributed by atoms with Crippen molar-refractivity contribution in [3.05, 3.63) is 35.8 Å². The number of hydrogen-bond donors (Lipinski definition) is 2. The highest BCUT2D eigenvalue weighted by Gasteiger charge is 2.23. The molecule has 0 saturated heterocycles. The molecule has 2 heterocycles. The summed E-state index contributed by atoms with van der Waals surface area (Å²) in [5, 5.41) is 14.5. The first-order valence-electron chi connectivity index (χ1n) is 10.4. The largest absolute Gasteiger partial charge is 0.391 e. The maximum atomic E-state index is 11.6. The van der Waals surface area contributed by atoms with E-state index in [0.717, 1.165) is 46.6 Å². The van der Waals surface area contributed by atoms with Gasteiger partial charge < -0.3 is 15.0 Å². The number of terminal acetylenes is 1. The van der Waals surface area contributed by atoms with Gasteiger partial charge in [0.05, 0.1) is 40.9 Å². The number of aliphatic hydroxyl groups excluding tert-OH is 1. The van der Waals surface area contributed by atoms with Gasteiger partial charge in [0.2, 0.25) is 0 Å². The van der Waals surface area contributed by atoms with Crippen molar-refractivity contribution in [2.24, 2.45) is 4.99 Å². The molecule has 0 unspecified atom stereocenters. The highest BCUT2D eigenvalue weighted by Crippen LogP contribution is 2.30. The highest BCUT2D eigenvalue weighted by atomic mass is 32.1. The molecule has 3 aromatic rings. The van der Waals surface area contributed by atoms with Crippen molar-refractivity contribution in [3.63, 3.8) is 0 Å². The molecule has 0 spiro atoms. The van der Waals surface area contributed by atoms with Crippen LogP contribution in [0.1, 0.15) is 50.8 Å². The summed E-state index contributed by atoms with van der Waals surface area (Å²) in [6.45, 7) is 3.67. The van der Waals surface area contributed by atoms with Gasteiger partial charge >= 0.3 is 0 Å². The van der Waals surface area contributed by atoms with Crippen LogP contribution in [-0.2, 0) is 11.3 Å². The van der Waals surface area contributed by atoms with Crippen LogP contribution in [0.15, 0.2) is 29.5 Å². The number of aliphatic hydroxyl groups is 1. The fourth-order valence-corrected chi connectivity index (χ4v) is 4.70. The summed E-state index contributed by atoms with van der Waals surface area (Å²) in [4.78, 5) is 24.9. The van der Waals surface area contributed by atoms with Crippen LogP contribution in [-0.4, -0.2) is 43.3 Å². The van der Waals surface area contributed by atoms with Crippen molar-refractivity contribution in [2.75, 3.05) is 5.32 Å². The predicted molar refractivity (Wildman–Crippen MR) is 124 cm³/mol. The van der Waals surface area contributed by atoms with E-state index in [0.29, 0.717) is 23.8 Å². The maximum Gasteiger partial charge on any atom is 0.184 e. The number of Topliss-reactive ketones (excluding diaryl/α,β-unsaturated/α-hetero) is 1. The minimum Gasteiger partial charge on any atom is -0.391 e. The monoisotopic (exact) mass is 435 g/mol. The number of aliphatic imine (C=N–C) groups is 1. The topological polar surface area (TPSA) is 92.4 Å². The Labute approximate surface area is 185 Å². The number of rotatable bonds is 6. The average Bonchev–Trinajstić information content (AvgIpc) is 3.32. The molecule has 1 aliphatic carbocycles. The van der Waals surface area contributed by atoms with Crippen molar-refractivity contribution in [1.29, 1.82) is 0 Å². The lowest BCUT2D eigenvalue weighted by molar-refractivity contribution is -0.111. The Morgan fingerprint density at radius 1 is 1.39 bits per heavy atom. The minimum absolute atomic E-state index is 0.0619. The Hall–Kier alpha value is -3.02. The Bertz CT molecular complexity index is 1190. The number of nitrogens with one attached hydrogen (secondary N) is 1. The number of fused-ring (bicyclic) bond motifs is 1. The van der Waals surface area contributed by atoms with E-state index < -0.39 is 0 Å². The molecule has 8 heteroatoms. The molecule has 0 aliphatic heterocycles. The van der Waals surface area contributed by atoms with Crippen LogP contribution in [0, 0.1) is 12.3 Å². The van der Waals surface area contributed by atoms with Crippen LogP contribution in [0.2, 0.25) is 0 Å². The van der Waals surface area contributed by atoms with Gasteiger partial charge in [0.1, 0.15) is 0 Å². The molecule has 1 aromatic carbocycles. The van der Waals surface area contributed by atoms with E-state index >= 15 is 0 Å². The maximum absolute atomic E-state index is 11.6. The third-order valence-corrected chi connectivity index (χ3v) is 6.52. The van der Waals surface area contributed by atoms with E-state index in [9.17, 15) is 9.90 Å². The molecule has 1 fully saturated rings. The predicted octanol–water partition coefficient (Wildman–Crippen LogP) is 3.92. The van der Waals surface area contributed by atoms with Gasteiger partial charge in [0.15, 0.2) is 22.4 Å². The van der Waals surface area contributed by atoms with Gasteiger partial charge in [-0.25, -0.2) is 15.0 Å². The quantitative estimate of drug-likeness (QED) is 0.452. The van der Waals surface area contributed by atoms with Gasteiger partial charge in [0.25, 0.3) is 0 Å². The first-order chi connectivity index (χ1) is 14.9. The van der Waals surface area contributed by atoms with Crippen molar-refractivity contribution >= 4 is 44.0 Å². The number of thiazole rings is 1. The summed E-state index contributed by atoms with van der Waals surface area (Å²) < 4.78 is 2.91. The van der Waals surface area contributed by atoms with Gasteiger partial charge in [-0.3, -0.25) is 4.79 Å². The molecule has 0 bridgehead atoms. The summed E-state index contributed by atoms with van der Waals surface area (Å²) in [5.74, 6) is 2.94. The second-order valence-corrected chi connectivity index (χ2v) is 8.90. The van der Waals surface area contributed by atoms with Gasteiger partial charge in [0, 0.05) is 6.92 Å². The summed E-state index contributed by atoms with van der Waals surface area (Å²) >= 11 is 1.58. The molecule has 7 nitrogen and oxygen atoms in total. The summed E-state index contributed by atoms with van der Waals surface area (Å²) in [5.41, 5.74) is 2.77. The molecule has 2 N–H and O–H groups in total. The molecule has 0 amide bonds. The zero-order chi connectivity index (χ0) is 22.0. The Kier molecular flexibility index (Phi) is 6.16. The van der Waals surface area contributed by atoms with Crippen molar-refractivity contribution in [3.8, 4) is 12.3 Å². The highest BCUT2D eigenvalue weighted by molar-refractivity contribution is 7.22. The van der Waals surface area contributed by atoms with Gasteiger partial charge in [-0.1, -0.05) is 30.2 Å². The van der Waals surface area contributed by atoms with E-state index in [-0.39, 0.29) is 17.9 Å². The average molecular weight is 436 g/mol. The number of aromatic nitrogens is 3. The second kappa shape index (κ2) is 9.00. The van der Waals surface area contributed by atoms with Crippen LogP contribution in [0.4, 0.5) is 10.9 Å². The molecular weight excluding hydrogens is 410 g/mol. The zero-order valence-corrected chi connectivity index (χ0v) is 18.4. The van der Waals surface area contributed by atoms with Crippen molar-refractivity contribution in [1.82, 2.24) is 14.5 Å². The van der Waals surface area contributed by atoms with Gasteiger partial charge in [-0.05, 0) is 43.4 Å². The number of nitrogens with zero attached hydrogens (tertiary/aromatic N) is 4. The Balaban J connectivity index is 1.57. The summed E-state index contributed by atoms with van der Waals surface area (Å²) in [7, 11) is 0. The molecule has 4 rings (SSSR count). The standard InChI is InChI=1S/C23H25N5O2S/c1-4-17-22(25-14(2)15(3)29)28(13-24-17)12-16-9-10-19-21(11-16)31-23(27-19)26-18-7-5-6-8-20(18)30/h1,9-11,13,18,20,30H,5-8,12H2,2-3H3,(H,26,27)/t18-,20-/m1/s1. The van der Waals surface area contributed by atoms with E-state index in [1.54, 1.807) is 24.6 Å². The number of imidazole rings is 1. The lowest BCUT2D eigenvalue weighted by Gasteiger charge is -2.27. The number of anilines is 1. The lowest BCUT2D eigenvalue weighted by atomic mass is 9.93. The zero-order valence-electron chi connectivity index (χ0n) is 17.6. The first-order valence-corrected chi connectivity index (χ1v) is 11.2. The fraction of sp³-hybridized carbons (Fsp3) is 0.391. The van der Waals surface area contributed by atoms with E-state index in [4.69, 9.17) is 6.42 Å². The van der Waals surface area contributed by atoms with E-state index in [1.807, 2.05) is 16.7 Å². The minimum atomic E-state index is -0.319. The third-order valence-electron chi connectivity index (χ3n) is 5.57. The fourth-order valence-electron chi connectivity index (χ4n) is 3.71. The molecule has 31 heavy (non-hydrogen) atoms. The van der Waals surface area contributed by atoms with Crippen LogP contribution < -0.4 is 5.32 Å². The Morgan fingerprint density at radius 3 is 2.94 bits per heavy atom. The van der Waals surface area contributed by atoms with Crippen LogP contribution in [0.5, 0.6) is 0 Å². The normalized spacial score (nSPS) is 19.4. The molecule has 1 saturated carbocycles. The van der Waals surface area contributed by atoms with Crippen LogP contribution >= 0.6 is 11.3 Å². The molecule has 2 atom stereocenters. The second-order valence-electron chi connectivity index (χ2n) is 7.87. The SMILES string of the molecule is C#Cc1ncn(Cc2ccc3nc(N[C@@H]4CCCC[C@H]4O)sc3c2)c1N=C(C)C(C)=O. The molecule has 160 valence electrons. The molecule has 0 radical (unpaired) electrons. The number of hydrogen-bond acceptors (Lipinski definition) is 7. The number of ketones is 1. The number of carbonyl (C=O) groups is 1. The van der Waals surface area contributed by atoms with Gasteiger partial charge in [-0.2, -0.15) is 0 Å². The van der Waals surface area contributed by atoms with E-state index in [2.05, 4.69) is 32.3 Å². The van der Waals surface area contributed by atoms with Gasteiger partial charge in [-0.15, -0.1) is 6.42 Å². The number of carbonyl (C=O) groups excluding carboxylic acids is 1. The lowest BCUT2D eigenvalue weighted by Crippen LogP contribution is -2.36. The Morgan fingerprint density at radius 2 is 2.19 bits per heavy atom. The molecular formula is C23H25N5O2S. The summed E-state index contributed by atoms with van der Waals surface area (Å²) in [6.07, 6.45) is 10.9. The number of benzene rings is 1. The third kappa shape index (κ3) is 4.68. The smallest absolute Gasteiger partial charge is 0.184 e. The van der Waals surface area contributed by atoms with Crippen molar-refractivity contribution in [2.45, 2.75) is 58.2 Å². The van der Waals surface area contributed by atoms with E-state index in [1.165, 1.54) is 6.92 Å². The molecule has 2 aromatic heterocycles. The summed E-state index contributed by atoms with van der Waals surface area (Å²) in [6, 6.07) is 6.16. The van der Waals surface area contributed by atoms with Crippen LogP contribution in [0.3, 0.4) is 0 Å². The van der Waals surface area contributed by atoms with Crippen molar-refractivity contribution < 1.29 is 9.90 Å².